The topological polar surface area (TPSA) is 98.8 Å². The largest absolute Gasteiger partial charge is 0.395 e. The molecule has 24 heavy (non-hydrogen) atoms. The smallest absolute Gasteiger partial charge is 0.225 e. The van der Waals surface area contributed by atoms with Crippen LogP contribution in [0.4, 0.5) is 17.6 Å². The summed E-state index contributed by atoms with van der Waals surface area (Å²) in [5.74, 6) is 2.56. The number of benzene rings is 1. The van der Waals surface area contributed by atoms with E-state index >= 15 is 0 Å². The Morgan fingerprint density at radius 3 is 2.83 bits per heavy atom. The van der Waals surface area contributed by atoms with Gasteiger partial charge >= 0.3 is 0 Å². The highest BCUT2D eigenvalue weighted by Gasteiger charge is 2.25. The van der Waals surface area contributed by atoms with Crippen molar-refractivity contribution in [2.45, 2.75) is 18.8 Å². The molecule has 2 heterocycles. The van der Waals surface area contributed by atoms with Crippen LogP contribution in [0.25, 0.3) is 10.9 Å². The van der Waals surface area contributed by atoms with Crippen LogP contribution in [-0.2, 0) is 0 Å². The predicted octanol–water partition coefficient (Wildman–Crippen LogP) is 2.80. The maximum absolute atomic E-state index is 8.96. The van der Waals surface area contributed by atoms with E-state index in [0.717, 1.165) is 16.7 Å². The Labute approximate surface area is 145 Å². The molecule has 0 bridgehead atoms. The van der Waals surface area contributed by atoms with Crippen molar-refractivity contribution in [1.82, 2.24) is 20.2 Å². The van der Waals surface area contributed by atoms with E-state index in [1.807, 2.05) is 30.3 Å². The van der Waals surface area contributed by atoms with Gasteiger partial charge in [-0.1, -0.05) is 12.1 Å². The lowest BCUT2D eigenvalue weighted by molar-refractivity contribution is 0.311. The third kappa shape index (κ3) is 3.42. The van der Waals surface area contributed by atoms with Crippen LogP contribution in [0.2, 0.25) is 0 Å². The van der Waals surface area contributed by atoms with Crippen molar-refractivity contribution in [3.05, 3.63) is 36.0 Å². The van der Waals surface area contributed by atoms with Crippen LogP contribution in [0.15, 0.2) is 30.3 Å². The third-order valence-electron chi connectivity index (χ3n) is 3.86. The summed E-state index contributed by atoms with van der Waals surface area (Å²) in [5, 5.41) is 23.6. The minimum atomic E-state index is 0. The molecule has 1 aromatic carbocycles. The van der Waals surface area contributed by atoms with E-state index in [0.29, 0.717) is 24.2 Å². The van der Waals surface area contributed by atoms with E-state index < -0.39 is 0 Å². The molecule has 0 atom stereocenters. The standard InChI is InChI=1S/C16H18N6O.ClH/c23-8-7-17-16-18-12-4-2-1-3-11(12)15(20-16)19-14-9-13(21-22-14)10-5-6-10;/h1-4,9-10,23H,5-8H2,(H3,17,18,19,20,21,22);1H. The number of rotatable bonds is 6. The molecule has 0 spiro atoms. The molecule has 1 aliphatic rings. The number of aliphatic hydroxyl groups is 1. The van der Waals surface area contributed by atoms with Crippen LogP contribution in [0.5, 0.6) is 0 Å². The number of aliphatic hydroxyl groups excluding tert-OH is 1. The second-order valence-corrected chi connectivity index (χ2v) is 5.67. The Bertz CT molecular complexity index is 832. The molecule has 1 fully saturated rings. The fraction of sp³-hybridized carbons (Fsp3) is 0.312. The van der Waals surface area contributed by atoms with Crippen LogP contribution in [0, 0.1) is 0 Å². The zero-order valence-electron chi connectivity index (χ0n) is 13.0. The van der Waals surface area contributed by atoms with Crippen molar-refractivity contribution < 1.29 is 5.11 Å². The number of nitrogens with one attached hydrogen (secondary N) is 3. The second kappa shape index (κ2) is 7.02. The Kier molecular flexibility index (Phi) is 4.82. The number of fused-ring (bicyclic) bond motifs is 1. The van der Waals surface area contributed by atoms with Crippen molar-refractivity contribution >= 4 is 40.9 Å². The summed E-state index contributed by atoms with van der Waals surface area (Å²) in [6.07, 6.45) is 2.46. The fourth-order valence-electron chi connectivity index (χ4n) is 2.54. The van der Waals surface area contributed by atoms with Gasteiger partial charge in [-0.15, -0.1) is 12.4 Å². The van der Waals surface area contributed by atoms with Gasteiger partial charge in [-0.3, -0.25) is 5.10 Å². The van der Waals surface area contributed by atoms with Crippen molar-refractivity contribution in [3.63, 3.8) is 0 Å². The number of aromatic amines is 1. The van der Waals surface area contributed by atoms with Crippen LogP contribution < -0.4 is 10.6 Å². The van der Waals surface area contributed by atoms with E-state index in [1.54, 1.807) is 0 Å². The first-order valence-corrected chi connectivity index (χ1v) is 7.77. The summed E-state index contributed by atoms with van der Waals surface area (Å²) in [7, 11) is 0. The molecule has 126 valence electrons. The van der Waals surface area contributed by atoms with Gasteiger partial charge in [-0.25, -0.2) is 4.98 Å². The van der Waals surface area contributed by atoms with Crippen LogP contribution in [-0.4, -0.2) is 38.4 Å². The van der Waals surface area contributed by atoms with Crippen molar-refractivity contribution in [2.75, 3.05) is 23.8 Å². The normalized spacial score (nSPS) is 13.5. The summed E-state index contributed by atoms with van der Waals surface area (Å²) in [6.45, 7) is 0.440. The number of aromatic nitrogens is 4. The second-order valence-electron chi connectivity index (χ2n) is 5.67. The molecule has 4 rings (SSSR count). The molecule has 3 aromatic rings. The lowest BCUT2D eigenvalue weighted by Gasteiger charge is -2.09. The molecule has 2 aromatic heterocycles. The molecule has 7 nitrogen and oxygen atoms in total. The SMILES string of the molecule is Cl.OCCNc1nc(Nc2cc(C3CC3)[nH]n2)c2ccccc2n1. The van der Waals surface area contributed by atoms with Gasteiger partial charge < -0.3 is 15.7 Å². The maximum Gasteiger partial charge on any atom is 0.225 e. The van der Waals surface area contributed by atoms with Crippen LogP contribution in [0.3, 0.4) is 0 Å². The molecule has 0 amide bonds. The molecular weight excluding hydrogens is 328 g/mol. The minimum absolute atomic E-state index is 0. The van der Waals surface area contributed by atoms with Gasteiger partial charge in [0, 0.05) is 29.6 Å². The highest BCUT2D eigenvalue weighted by Crippen LogP contribution is 2.39. The number of anilines is 3. The molecular formula is C16H19ClN6O. The van der Waals surface area contributed by atoms with Crippen LogP contribution >= 0.6 is 12.4 Å². The lowest BCUT2D eigenvalue weighted by atomic mass is 10.2. The average Bonchev–Trinajstić information content (AvgIpc) is 3.33. The summed E-state index contributed by atoms with van der Waals surface area (Å²) in [4.78, 5) is 8.96. The van der Waals surface area contributed by atoms with E-state index in [1.165, 1.54) is 18.5 Å². The van der Waals surface area contributed by atoms with E-state index in [9.17, 15) is 0 Å². The number of H-pyrrole nitrogens is 1. The van der Waals surface area contributed by atoms with Crippen LogP contribution in [0.1, 0.15) is 24.5 Å². The molecule has 1 saturated carbocycles. The number of hydrogen-bond acceptors (Lipinski definition) is 6. The number of halogens is 1. The van der Waals surface area contributed by atoms with Gasteiger partial charge in [0.05, 0.1) is 12.1 Å². The highest BCUT2D eigenvalue weighted by molar-refractivity contribution is 5.91. The number of hydrogen-bond donors (Lipinski definition) is 4. The Morgan fingerprint density at radius 1 is 1.21 bits per heavy atom. The highest BCUT2D eigenvalue weighted by atomic mass is 35.5. The van der Waals surface area contributed by atoms with E-state index in [4.69, 9.17) is 5.11 Å². The number of nitrogens with zero attached hydrogens (tertiary/aromatic N) is 3. The zero-order valence-corrected chi connectivity index (χ0v) is 13.8. The third-order valence-corrected chi connectivity index (χ3v) is 3.86. The maximum atomic E-state index is 8.96. The zero-order chi connectivity index (χ0) is 15.6. The molecule has 0 aliphatic heterocycles. The van der Waals surface area contributed by atoms with E-state index in [2.05, 4.69) is 30.8 Å². The monoisotopic (exact) mass is 346 g/mol. The number of para-hydroxylation sites is 1. The van der Waals surface area contributed by atoms with Gasteiger partial charge in [0.25, 0.3) is 0 Å². The lowest BCUT2D eigenvalue weighted by Crippen LogP contribution is -2.10. The molecule has 1 aliphatic carbocycles. The molecule has 4 N–H and O–H groups in total. The summed E-state index contributed by atoms with van der Waals surface area (Å²) >= 11 is 0. The predicted molar refractivity (Wildman–Crippen MR) is 96.2 cm³/mol. The summed E-state index contributed by atoms with van der Waals surface area (Å²) < 4.78 is 0. The van der Waals surface area contributed by atoms with Crippen molar-refractivity contribution in [1.29, 1.82) is 0 Å². The summed E-state index contributed by atoms with van der Waals surface area (Å²) in [5.41, 5.74) is 2.01. The first kappa shape index (κ1) is 16.5. The molecule has 0 radical (unpaired) electrons. The van der Waals surface area contributed by atoms with Gasteiger partial charge in [0.15, 0.2) is 5.82 Å². The van der Waals surface area contributed by atoms with Crippen molar-refractivity contribution in [3.8, 4) is 0 Å². The Morgan fingerprint density at radius 2 is 2.04 bits per heavy atom. The van der Waals surface area contributed by atoms with Gasteiger partial charge in [-0.2, -0.15) is 10.1 Å². The average molecular weight is 347 g/mol. The summed E-state index contributed by atoms with van der Waals surface area (Å²) in [6, 6.07) is 9.84. The van der Waals surface area contributed by atoms with E-state index in [-0.39, 0.29) is 19.0 Å². The van der Waals surface area contributed by atoms with Gasteiger partial charge in [-0.05, 0) is 25.0 Å². The first-order chi connectivity index (χ1) is 11.3. The Balaban J connectivity index is 0.00000169. The quantitative estimate of drug-likeness (QED) is 0.548. The molecule has 0 saturated heterocycles. The van der Waals surface area contributed by atoms with Gasteiger partial charge in [0.1, 0.15) is 5.82 Å². The first-order valence-electron chi connectivity index (χ1n) is 7.77. The van der Waals surface area contributed by atoms with Crippen molar-refractivity contribution in [2.24, 2.45) is 0 Å². The van der Waals surface area contributed by atoms with Gasteiger partial charge in [0.2, 0.25) is 5.95 Å². The molecule has 8 heteroatoms. The molecule has 0 unspecified atom stereocenters. The minimum Gasteiger partial charge on any atom is -0.395 e. The fourth-order valence-corrected chi connectivity index (χ4v) is 2.54. The Hall–Kier alpha value is -2.38.